The lowest BCUT2D eigenvalue weighted by Crippen LogP contribution is -2.25. The summed E-state index contributed by atoms with van der Waals surface area (Å²) in [4.78, 5) is 25.5. The number of anilines is 1. The van der Waals surface area contributed by atoms with Gasteiger partial charge in [0.2, 0.25) is 5.91 Å². The Morgan fingerprint density at radius 3 is 2.74 bits per heavy atom. The van der Waals surface area contributed by atoms with Crippen LogP contribution in [0.2, 0.25) is 0 Å². The number of nitrogens with zero attached hydrogens (tertiary/aromatic N) is 1. The van der Waals surface area contributed by atoms with Crippen molar-refractivity contribution in [3.63, 3.8) is 0 Å². The first-order valence-corrected chi connectivity index (χ1v) is 7.47. The Morgan fingerprint density at radius 1 is 1.37 bits per heavy atom. The average Bonchev–Trinajstić information content (AvgIpc) is 2.77. The van der Waals surface area contributed by atoms with Crippen LogP contribution in [-0.4, -0.2) is 18.2 Å². The van der Waals surface area contributed by atoms with Crippen LogP contribution in [0.25, 0.3) is 0 Å². The summed E-state index contributed by atoms with van der Waals surface area (Å²) in [6.07, 6.45) is 3.33. The van der Waals surface area contributed by atoms with Crippen LogP contribution in [0.4, 0.5) is 5.69 Å². The van der Waals surface area contributed by atoms with Gasteiger partial charge >= 0.3 is 0 Å². The summed E-state index contributed by atoms with van der Waals surface area (Å²) in [6, 6.07) is 3.85. The normalized spacial score (nSPS) is 13.5. The molecule has 0 saturated heterocycles. The van der Waals surface area contributed by atoms with E-state index in [1.165, 1.54) is 0 Å². The van der Waals surface area contributed by atoms with E-state index in [2.05, 4.69) is 22.9 Å². The van der Waals surface area contributed by atoms with Crippen molar-refractivity contribution in [2.24, 2.45) is 0 Å². The highest BCUT2D eigenvalue weighted by molar-refractivity contribution is 9.10. The van der Waals surface area contributed by atoms with Crippen LogP contribution in [-0.2, 0) is 11.2 Å². The molecule has 0 saturated carbocycles. The van der Waals surface area contributed by atoms with E-state index in [-0.39, 0.29) is 11.7 Å². The minimum absolute atomic E-state index is 0.0352. The van der Waals surface area contributed by atoms with E-state index >= 15 is 0 Å². The molecule has 1 aliphatic rings. The lowest BCUT2D eigenvalue weighted by molar-refractivity contribution is -0.116. The molecule has 1 amide bonds. The molecule has 1 heterocycles. The minimum Gasteiger partial charge on any atom is -0.312 e. The summed E-state index contributed by atoms with van der Waals surface area (Å²) in [5.74, 6) is 0.181. The van der Waals surface area contributed by atoms with Crippen molar-refractivity contribution < 1.29 is 9.59 Å². The number of benzene rings is 1. The molecule has 0 aliphatic carbocycles. The van der Waals surface area contributed by atoms with Crippen LogP contribution in [0.5, 0.6) is 0 Å². The zero-order valence-corrected chi connectivity index (χ0v) is 12.9. The van der Waals surface area contributed by atoms with Crippen molar-refractivity contribution in [2.75, 3.05) is 11.4 Å². The fraction of sp³-hybridized carbons (Fsp3) is 0.467. The third-order valence-electron chi connectivity index (χ3n) is 3.50. The summed E-state index contributed by atoms with van der Waals surface area (Å²) < 4.78 is 0.845. The predicted molar refractivity (Wildman–Crippen MR) is 79.7 cm³/mol. The van der Waals surface area contributed by atoms with E-state index in [1.807, 2.05) is 12.1 Å². The smallest absolute Gasteiger partial charge is 0.223 e. The first-order chi connectivity index (χ1) is 9.04. The van der Waals surface area contributed by atoms with Gasteiger partial charge < -0.3 is 4.90 Å². The Bertz CT molecular complexity index is 525. The Balaban J connectivity index is 2.34. The summed E-state index contributed by atoms with van der Waals surface area (Å²) in [5, 5.41) is 0. The van der Waals surface area contributed by atoms with Crippen LogP contribution in [0.3, 0.4) is 0 Å². The van der Waals surface area contributed by atoms with Crippen LogP contribution in [0, 0.1) is 0 Å². The van der Waals surface area contributed by atoms with Crippen LogP contribution in [0.15, 0.2) is 16.6 Å². The van der Waals surface area contributed by atoms with Crippen molar-refractivity contribution in [3.05, 3.63) is 27.7 Å². The molecule has 0 unspecified atom stereocenters. The van der Waals surface area contributed by atoms with Gasteiger partial charge in [0.15, 0.2) is 5.78 Å². The summed E-state index contributed by atoms with van der Waals surface area (Å²) >= 11 is 3.48. The van der Waals surface area contributed by atoms with Gasteiger partial charge in [-0.15, -0.1) is 0 Å². The standard InChI is InChI=1S/C15H18BrNO2/c1-3-4-5-15(19)12-9-14-11(8-13(12)16)6-7-17(14)10(2)18/h8-9H,3-7H2,1-2H3. The number of ketones is 1. The largest absolute Gasteiger partial charge is 0.312 e. The Labute approximate surface area is 122 Å². The maximum atomic E-state index is 12.2. The predicted octanol–water partition coefficient (Wildman–Crippen LogP) is 3.73. The number of halogens is 1. The number of carbonyl (C=O) groups excluding carboxylic acids is 2. The molecular weight excluding hydrogens is 306 g/mol. The molecule has 4 heteroatoms. The first-order valence-electron chi connectivity index (χ1n) is 6.68. The maximum Gasteiger partial charge on any atom is 0.223 e. The van der Waals surface area contributed by atoms with Crippen molar-refractivity contribution in [3.8, 4) is 0 Å². The van der Waals surface area contributed by atoms with Gasteiger partial charge in [0.1, 0.15) is 0 Å². The molecule has 3 nitrogen and oxygen atoms in total. The van der Waals surface area contributed by atoms with E-state index in [0.717, 1.165) is 35.0 Å². The fourth-order valence-electron chi connectivity index (χ4n) is 2.42. The Kier molecular flexibility index (Phi) is 4.40. The lowest BCUT2D eigenvalue weighted by Gasteiger charge is -2.16. The van der Waals surface area contributed by atoms with E-state index in [4.69, 9.17) is 0 Å². The van der Waals surface area contributed by atoms with Gasteiger partial charge in [-0.05, 0) is 30.5 Å². The lowest BCUT2D eigenvalue weighted by atomic mass is 10.0. The molecule has 0 radical (unpaired) electrons. The quantitative estimate of drug-likeness (QED) is 0.792. The van der Waals surface area contributed by atoms with Crippen molar-refractivity contribution >= 4 is 33.3 Å². The number of carbonyl (C=O) groups is 2. The number of hydrogen-bond acceptors (Lipinski definition) is 2. The molecule has 0 spiro atoms. The molecule has 2 rings (SSSR count). The molecule has 19 heavy (non-hydrogen) atoms. The monoisotopic (exact) mass is 323 g/mol. The molecular formula is C15H18BrNO2. The van der Waals surface area contributed by atoms with Gasteiger partial charge in [0.05, 0.1) is 0 Å². The molecule has 0 atom stereocenters. The highest BCUT2D eigenvalue weighted by Gasteiger charge is 2.24. The molecule has 0 fully saturated rings. The fourth-order valence-corrected chi connectivity index (χ4v) is 3.03. The van der Waals surface area contributed by atoms with Gasteiger partial charge in [-0.1, -0.05) is 29.3 Å². The second-order valence-electron chi connectivity index (χ2n) is 4.91. The highest BCUT2D eigenvalue weighted by Crippen LogP contribution is 2.34. The third-order valence-corrected chi connectivity index (χ3v) is 4.16. The van der Waals surface area contributed by atoms with Gasteiger partial charge in [-0.3, -0.25) is 9.59 Å². The zero-order chi connectivity index (χ0) is 14.0. The first kappa shape index (κ1) is 14.3. The van der Waals surface area contributed by atoms with Crippen LogP contribution >= 0.6 is 15.9 Å². The summed E-state index contributed by atoms with van der Waals surface area (Å²) in [7, 11) is 0. The number of amides is 1. The number of hydrogen-bond donors (Lipinski definition) is 0. The van der Waals surface area contributed by atoms with E-state index in [9.17, 15) is 9.59 Å². The second kappa shape index (κ2) is 5.87. The molecule has 0 N–H and O–H groups in total. The number of unbranched alkanes of at least 4 members (excludes halogenated alkanes) is 1. The summed E-state index contributed by atoms with van der Waals surface area (Å²) in [6.45, 7) is 4.35. The molecule has 1 aromatic carbocycles. The number of Topliss-reactive ketones (excluding diaryl/α,β-unsaturated/α-hetero) is 1. The van der Waals surface area contributed by atoms with Gasteiger partial charge in [-0.25, -0.2) is 0 Å². The Morgan fingerprint density at radius 2 is 2.11 bits per heavy atom. The van der Waals surface area contributed by atoms with Crippen LogP contribution in [0.1, 0.15) is 49.0 Å². The van der Waals surface area contributed by atoms with Gasteiger partial charge in [0, 0.05) is 35.6 Å². The van der Waals surface area contributed by atoms with Gasteiger partial charge in [-0.2, -0.15) is 0 Å². The van der Waals surface area contributed by atoms with Crippen molar-refractivity contribution in [1.29, 1.82) is 0 Å². The van der Waals surface area contributed by atoms with Crippen LogP contribution < -0.4 is 4.90 Å². The number of fused-ring (bicyclic) bond motifs is 1. The molecule has 1 aliphatic heterocycles. The molecule has 102 valence electrons. The van der Waals surface area contributed by atoms with E-state index in [0.29, 0.717) is 18.5 Å². The summed E-state index contributed by atoms with van der Waals surface area (Å²) in [5.41, 5.74) is 2.73. The van der Waals surface area contributed by atoms with Crippen molar-refractivity contribution in [1.82, 2.24) is 0 Å². The molecule has 1 aromatic rings. The second-order valence-corrected chi connectivity index (χ2v) is 5.76. The highest BCUT2D eigenvalue weighted by atomic mass is 79.9. The van der Waals surface area contributed by atoms with E-state index < -0.39 is 0 Å². The number of rotatable bonds is 4. The maximum absolute atomic E-state index is 12.2. The molecule has 0 aromatic heterocycles. The molecule has 0 bridgehead atoms. The zero-order valence-electron chi connectivity index (χ0n) is 11.3. The third kappa shape index (κ3) is 2.89. The SMILES string of the molecule is CCCCC(=O)c1cc2c(cc1Br)CCN2C(C)=O. The average molecular weight is 324 g/mol. The Hall–Kier alpha value is -1.16. The topological polar surface area (TPSA) is 37.4 Å². The minimum atomic E-state index is 0.0352. The van der Waals surface area contributed by atoms with E-state index in [1.54, 1.807) is 11.8 Å². The van der Waals surface area contributed by atoms with Gasteiger partial charge in [0.25, 0.3) is 0 Å². The van der Waals surface area contributed by atoms with Crippen molar-refractivity contribution in [2.45, 2.75) is 39.5 Å².